The molecular weight excluding hydrogens is 392 g/mol. The van der Waals surface area contributed by atoms with Crippen molar-refractivity contribution >= 4 is 22.8 Å². The number of anilines is 1. The van der Waals surface area contributed by atoms with Crippen LogP contribution in [0.3, 0.4) is 0 Å². The van der Waals surface area contributed by atoms with Crippen LogP contribution in [0.1, 0.15) is 38.3 Å². The number of piperidine rings is 1. The number of amides is 1. The predicted octanol–water partition coefficient (Wildman–Crippen LogP) is 2.97. The Morgan fingerprint density at radius 1 is 1.26 bits per heavy atom. The van der Waals surface area contributed by atoms with E-state index in [9.17, 15) is 4.79 Å². The van der Waals surface area contributed by atoms with E-state index in [1.807, 2.05) is 23.2 Å². The Morgan fingerprint density at radius 2 is 2.16 bits per heavy atom. The van der Waals surface area contributed by atoms with Crippen LogP contribution in [0.4, 0.5) is 5.82 Å². The first-order valence-electron chi connectivity index (χ1n) is 11.0. The molecule has 2 aliphatic heterocycles. The highest BCUT2D eigenvalue weighted by atomic mass is 16.5. The lowest BCUT2D eigenvalue weighted by Crippen LogP contribution is -2.44. The fourth-order valence-corrected chi connectivity index (χ4v) is 4.66. The largest absolute Gasteiger partial charge is 0.377 e. The van der Waals surface area contributed by atoms with E-state index in [2.05, 4.69) is 27.9 Å². The molecule has 2 saturated heterocycles. The number of aromatic nitrogens is 4. The standard InChI is InChI=1S/C23H28N6O2/c1-15-14-31-11-10-29(15)21-12-20(17-4-3-9-28(13-17)16(2)30)26-23(27-21)19-6-8-25-22-18(19)5-7-24-22/h5-8,12,15,17H,3-4,9-11,13-14H2,1-2H3,(H,24,25)/t15-,17-/m1/s1. The average Bonchev–Trinajstić information content (AvgIpc) is 3.28. The van der Waals surface area contributed by atoms with Gasteiger partial charge in [-0.05, 0) is 31.9 Å². The van der Waals surface area contributed by atoms with Crippen LogP contribution in [0, 0.1) is 0 Å². The summed E-state index contributed by atoms with van der Waals surface area (Å²) in [4.78, 5) is 33.8. The van der Waals surface area contributed by atoms with Crippen molar-refractivity contribution in [3.05, 3.63) is 36.3 Å². The van der Waals surface area contributed by atoms with Crippen molar-refractivity contribution < 1.29 is 9.53 Å². The summed E-state index contributed by atoms with van der Waals surface area (Å²) in [6.45, 7) is 7.53. The van der Waals surface area contributed by atoms with Crippen molar-refractivity contribution in [2.75, 3.05) is 37.7 Å². The molecule has 5 rings (SSSR count). The molecular formula is C23H28N6O2. The Kier molecular flexibility index (Phi) is 5.31. The van der Waals surface area contributed by atoms with Gasteiger partial charge in [-0.3, -0.25) is 4.79 Å². The highest BCUT2D eigenvalue weighted by molar-refractivity contribution is 5.91. The van der Waals surface area contributed by atoms with E-state index in [0.29, 0.717) is 25.6 Å². The van der Waals surface area contributed by atoms with Gasteiger partial charge >= 0.3 is 0 Å². The molecule has 2 atom stereocenters. The number of hydrogen-bond donors (Lipinski definition) is 1. The molecule has 1 amide bonds. The first-order chi connectivity index (χ1) is 15.1. The minimum atomic E-state index is 0.129. The zero-order chi connectivity index (χ0) is 21.4. The van der Waals surface area contributed by atoms with Crippen LogP contribution >= 0.6 is 0 Å². The van der Waals surface area contributed by atoms with Crippen LogP contribution in [0.2, 0.25) is 0 Å². The van der Waals surface area contributed by atoms with Crippen LogP contribution in [0.15, 0.2) is 30.6 Å². The van der Waals surface area contributed by atoms with Gasteiger partial charge in [0.25, 0.3) is 0 Å². The number of carbonyl (C=O) groups excluding carboxylic acids is 1. The van der Waals surface area contributed by atoms with Crippen molar-refractivity contribution in [2.24, 2.45) is 0 Å². The molecule has 3 aromatic rings. The number of morpholine rings is 1. The molecule has 0 aromatic carbocycles. The molecule has 162 valence electrons. The maximum Gasteiger partial charge on any atom is 0.219 e. The summed E-state index contributed by atoms with van der Waals surface area (Å²) in [5.41, 5.74) is 2.80. The third kappa shape index (κ3) is 3.87. The fraction of sp³-hybridized carbons (Fsp3) is 0.478. The van der Waals surface area contributed by atoms with E-state index in [1.165, 1.54) is 0 Å². The lowest BCUT2D eigenvalue weighted by Gasteiger charge is -2.35. The first-order valence-corrected chi connectivity index (χ1v) is 11.0. The molecule has 8 nitrogen and oxygen atoms in total. The van der Waals surface area contributed by atoms with Gasteiger partial charge in [0.05, 0.1) is 24.9 Å². The van der Waals surface area contributed by atoms with Gasteiger partial charge in [-0.2, -0.15) is 0 Å². The molecule has 0 radical (unpaired) electrons. The molecule has 1 N–H and O–H groups in total. The van der Waals surface area contributed by atoms with Crippen molar-refractivity contribution in [1.82, 2.24) is 24.8 Å². The summed E-state index contributed by atoms with van der Waals surface area (Å²) >= 11 is 0. The van der Waals surface area contributed by atoms with Gasteiger partial charge in [0.2, 0.25) is 5.91 Å². The van der Waals surface area contributed by atoms with Crippen LogP contribution in [0.25, 0.3) is 22.4 Å². The Bertz CT molecular complexity index is 1100. The second kappa shape index (κ2) is 8.26. The van der Waals surface area contributed by atoms with E-state index in [0.717, 1.165) is 54.0 Å². The summed E-state index contributed by atoms with van der Waals surface area (Å²) in [6, 6.07) is 6.36. The van der Waals surface area contributed by atoms with Crippen LogP contribution < -0.4 is 4.90 Å². The maximum atomic E-state index is 12.0. The normalized spacial score (nSPS) is 22.1. The molecule has 0 bridgehead atoms. The Labute approximate surface area is 181 Å². The number of nitrogens with one attached hydrogen (secondary N) is 1. The molecule has 2 fully saturated rings. The number of H-pyrrole nitrogens is 1. The molecule has 8 heteroatoms. The molecule has 2 aliphatic rings. The number of aromatic amines is 1. The molecule has 0 saturated carbocycles. The number of pyridine rings is 1. The number of likely N-dealkylation sites (tertiary alicyclic amines) is 1. The maximum absolute atomic E-state index is 12.0. The summed E-state index contributed by atoms with van der Waals surface area (Å²) in [7, 11) is 0. The second-order valence-electron chi connectivity index (χ2n) is 8.49. The van der Waals surface area contributed by atoms with Gasteiger partial charge in [0.1, 0.15) is 11.5 Å². The third-order valence-corrected chi connectivity index (χ3v) is 6.38. The zero-order valence-electron chi connectivity index (χ0n) is 18.0. The fourth-order valence-electron chi connectivity index (χ4n) is 4.66. The number of fused-ring (bicyclic) bond motifs is 1. The summed E-state index contributed by atoms with van der Waals surface area (Å²) in [5, 5.41) is 1.01. The Balaban J connectivity index is 1.60. The van der Waals surface area contributed by atoms with Crippen molar-refractivity contribution in [3.63, 3.8) is 0 Å². The zero-order valence-corrected chi connectivity index (χ0v) is 18.0. The smallest absolute Gasteiger partial charge is 0.219 e. The molecule has 0 spiro atoms. The van der Waals surface area contributed by atoms with Crippen LogP contribution in [-0.4, -0.2) is 69.6 Å². The van der Waals surface area contributed by atoms with Crippen molar-refractivity contribution in [1.29, 1.82) is 0 Å². The van der Waals surface area contributed by atoms with E-state index in [4.69, 9.17) is 14.7 Å². The minimum Gasteiger partial charge on any atom is -0.377 e. The first kappa shape index (κ1) is 19.9. The van der Waals surface area contributed by atoms with Crippen molar-refractivity contribution in [3.8, 4) is 11.4 Å². The molecule has 0 unspecified atom stereocenters. The number of carbonyl (C=O) groups is 1. The topological polar surface area (TPSA) is 87.2 Å². The molecule has 3 aromatic heterocycles. The highest BCUT2D eigenvalue weighted by Gasteiger charge is 2.27. The van der Waals surface area contributed by atoms with Crippen molar-refractivity contribution in [2.45, 2.75) is 38.6 Å². The third-order valence-electron chi connectivity index (χ3n) is 6.38. The van der Waals surface area contributed by atoms with E-state index in [1.54, 1.807) is 13.1 Å². The number of nitrogens with zero attached hydrogens (tertiary/aromatic N) is 5. The van der Waals surface area contributed by atoms with Gasteiger partial charge in [0.15, 0.2) is 5.82 Å². The summed E-state index contributed by atoms with van der Waals surface area (Å²) < 4.78 is 5.64. The quantitative estimate of drug-likeness (QED) is 0.701. The molecule has 0 aliphatic carbocycles. The Hall–Kier alpha value is -3.00. The average molecular weight is 421 g/mol. The highest BCUT2D eigenvalue weighted by Crippen LogP contribution is 2.32. The van der Waals surface area contributed by atoms with Gasteiger partial charge < -0.3 is 19.5 Å². The lowest BCUT2D eigenvalue weighted by molar-refractivity contribution is -0.130. The van der Waals surface area contributed by atoms with E-state index < -0.39 is 0 Å². The monoisotopic (exact) mass is 420 g/mol. The van der Waals surface area contributed by atoms with Gasteiger partial charge in [-0.1, -0.05) is 0 Å². The lowest BCUT2D eigenvalue weighted by atomic mass is 9.94. The Morgan fingerprint density at radius 3 is 3.00 bits per heavy atom. The van der Waals surface area contributed by atoms with Gasteiger partial charge in [-0.15, -0.1) is 0 Å². The van der Waals surface area contributed by atoms with Crippen LogP contribution in [-0.2, 0) is 9.53 Å². The minimum absolute atomic E-state index is 0.129. The number of hydrogen-bond acceptors (Lipinski definition) is 6. The van der Waals surface area contributed by atoms with Gasteiger partial charge in [-0.25, -0.2) is 15.0 Å². The predicted molar refractivity (Wildman–Crippen MR) is 119 cm³/mol. The van der Waals surface area contributed by atoms with Gasteiger partial charge in [0, 0.05) is 61.9 Å². The molecule has 5 heterocycles. The summed E-state index contributed by atoms with van der Waals surface area (Å²) in [6.07, 6.45) is 5.69. The molecule has 31 heavy (non-hydrogen) atoms. The van der Waals surface area contributed by atoms with Crippen LogP contribution in [0.5, 0.6) is 0 Å². The number of ether oxygens (including phenoxy) is 1. The number of rotatable bonds is 3. The van der Waals surface area contributed by atoms with E-state index in [-0.39, 0.29) is 17.9 Å². The summed E-state index contributed by atoms with van der Waals surface area (Å²) in [5.74, 6) is 1.97. The second-order valence-corrected chi connectivity index (χ2v) is 8.49. The SMILES string of the molecule is CC(=O)N1CCC[C@@H](c2cc(N3CCOC[C@H]3C)nc(-c3ccnc4[nH]ccc34)n2)C1. The van der Waals surface area contributed by atoms with E-state index >= 15 is 0 Å².